The minimum Gasteiger partial charge on any atom is -0.313 e. The normalized spacial score (nSPS) is 31.0. The molecule has 18 heavy (non-hydrogen) atoms. The van der Waals surface area contributed by atoms with Crippen LogP contribution in [0.2, 0.25) is 0 Å². The van der Waals surface area contributed by atoms with Crippen molar-refractivity contribution in [1.29, 1.82) is 0 Å². The fourth-order valence-electron chi connectivity index (χ4n) is 3.48. The first-order chi connectivity index (χ1) is 8.45. The summed E-state index contributed by atoms with van der Waals surface area (Å²) >= 11 is 0. The Morgan fingerprint density at radius 3 is 2.44 bits per heavy atom. The molecule has 108 valence electrons. The van der Waals surface area contributed by atoms with E-state index in [0.717, 1.165) is 24.4 Å². The van der Waals surface area contributed by atoms with E-state index in [1.165, 1.54) is 25.7 Å². The van der Waals surface area contributed by atoms with Gasteiger partial charge in [0, 0.05) is 18.1 Å². The van der Waals surface area contributed by atoms with Crippen molar-refractivity contribution in [2.75, 3.05) is 13.6 Å². The zero-order valence-corrected chi connectivity index (χ0v) is 13.4. The number of likely N-dealkylation sites (N-methyl/N-ethyl adjacent to an activating group) is 2. The second-order valence-corrected chi connectivity index (χ2v) is 6.79. The number of hydrogen-bond acceptors (Lipinski definition) is 2. The van der Waals surface area contributed by atoms with E-state index < -0.39 is 0 Å². The maximum absolute atomic E-state index is 3.70. The molecule has 0 heterocycles. The molecule has 4 unspecified atom stereocenters. The smallest absolute Gasteiger partial charge is 0.0251 e. The molecule has 1 N–H and O–H groups in total. The molecule has 0 aromatic heterocycles. The molecule has 0 bridgehead atoms. The summed E-state index contributed by atoms with van der Waals surface area (Å²) in [5, 5.41) is 3.70. The Labute approximate surface area is 115 Å². The number of nitrogens with one attached hydrogen (secondary N) is 1. The second kappa shape index (κ2) is 7.49. The third-order valence-corrected chi connectivity index (χ3v) is 4.58. The van der Waals surface area contributed by atoms with Crippen LogP contribution in [0.1, 0.15) is 60.3 Å². The van der Waals surface area contributed by atoms with Crippen LogP contribution in [0.25, 0.3) is 0 Å². The van der Waals surface area contributed by atoms with Gasteiger partial charge in [-0.25, -0.2) is 0 Å². The zero-order valence-electron chi connectivity index (χ0n) is 13.4. The Hall–Kier alpha value is -0.0800. The van der Waals surface area contributed by atoms with Gasteiger partial charge in [-0.1, -0.05) is 27.7 Å². The van der Waals surface area contributed by atoms with Crippen LogP contribution in [-0.4, -0.2) is 36.6 Å². The van der Waals surface area contributed by atoms with Crippen LogP contribution in [0.4, 0.5) is 0 Å². The highest BCUT2D eigenvalue weighted by Crippen LogP contribution is 2.29. The van der Waals surface area contributed by atoms with Crippen LogP contribution in [0.15, 0.2) is 0 Å². The number of hydrogen-bond donors (Lipinski definition) is 1. The van der Waals surface area contributed by atoms with Crippen LogP contribution in [0.3, 0.4) is 0 Å². The van der Waals surface area contributed by atoms with E-state index >= 15 is 0 Å². The van der Waals surface area contributed by atoms with Crippen LogP contribution < -0.4 is 5.32 Å². The summed E-state index contributed by atoms with van der Waals surface area (Å²) in [4.78, 5) is 2.64. The van der Waals surface area contributed by atoms with Gasteiger partial charge in [-0.3, -0.25) is 4.90 Å². The monoisotopic (exact) mass is 254 g/mol. The minimum absolute atomic E-state index is 0.696. The Kier molecular flexibility index (Phi) is 6.65. The molecule has 0 aromatic carbocycles. The molecule has 1 saturated carbocycles. The molecule has 0 radical (unpaired) electrons. The first-order valence-electron chi connectivity index (χ1n) is 7.91. The highest BCUT2D eigenvalue weighted by Gasteiger charge is 2.32. The van der Waals surface area contributed by atoms with Crippen molar-refractivity contribution in [1.82, 2.24) is 10.2 Å². The highest BCUT2D eigenvalue weighted by atomic mass is 15.2. The molecule has 2 heteroatoms. The van der Waals surface area contributed by atoms with Crippen LogP contribution in [0, 0.1) is 11.8 Å². The van der Waals surface area contributed by atoms with Gasteiger partial charge in [-0.2, -0.15) is 0 Å². The van der Waals surface area contributed by atoms with Crippen LogP contribution >= 0.6 is 0 Å². The van der Waals surface area contributed by atoms with Crippen molar-refractivity contribution < 1.29 is 0 Å². The molecular weight excluding hydrogens is 220 g/mol. The van der Waals surface area contributed by atoms with E-state index in [0.29, 0.717) is 12.1 Å². The molecule has 1 fully saturated rings. The standard InChI is InChI=1S/C16H34N2/c1-7-17-15-9-8-13(4)11-16(15)18(6)14(5)10-12(2)3/h12-17H,7-11H2,1-6H3. The predicted octanol–water partition coefficient (Wildman–Crippen LogP) is 3.52. The van der Waals surface area contributed by atoms with Crippen LogP contribution in [0.5, 0.6) is 0 Å². The van der Waals surface area contributed by atoms with Crippen molar-refractivity contribution in [3.8, 4) is 0 Å². The van der Waals surface area contributed by atoms with E-state index in [1.807, 2.05) is 0 Å². The fourth-order valence-corrected chi connectivity index (χ4v) is 3.48. The molecule has 1 aliphatic carbocycles. The van der Waals surface area contributed by atoms with E-state index in [1.54, 1.807) is 0 Å². The Balaban J connectivity index is 2.62. The lowest BCUT2D eigenvalue weighted by Gasteiger charge is -2.43. The van der Waals surface area contributed by atoms with Gasteiger partial charge in [0.15, 0.2) is 0 Å². The van der Waals surface area contributed by atoms with Gasteiger partial charge in [0.05, 0.1) is 0 Å². The summed E-state index contributed by atoms with van der Waals surface area (Å²) in [5.74, 6) is 1.68. The zero-order chi connectivity index (χ0) is 13.7. The molecule has 0 aromatic rings. The first kappa shape index (κ1) is 16.0. The largest absolute Gasteiger partial charge is 0.313 e. The third kappa shape index (κ3) is 4.55. The fraction of sp³-hybridized carbons (Fsp3) is 1.00. The Morgan fingerprint density at radius 1 is 1.22 bits per heavy atom. The SMILES string of the molecule is CCNC1CCC(C)CC1N(C)C(C)CC(C)C. The van der Waals surface area contributed by atoms with Crippen molar-refractivity contribution >= 4 is 0 Å². The molecule has 0 spiro atoms. The van der Waals surface area contributed by atoms with Gasteiger partial charge in [0.1, 0.15) is 0 Å². The van der Waals surface area contributed by atoms with E-state index in [9.17, 15) is 0 Å². The molecular formula is C16H34N2. The molecule has 0 saturated heterocycles. The average Bonchev–Trinajstić information content (AvgIpc) is 2.30. The Bertz CT molecular complexity index is 227. The first-order valence-corrected chi connectivity index (χ1v) is 7.91. The summed E-state index contributed by atoms with van der Waals surface area (Å²) in [7, 11) is 2.33. The molecule has 4 atom stereocenters. The summed E-state index contributed by atoms with van der Waals surface area (Å²) < 4.78 is 0. The lowest BCUT2D eigenvalue weighted by molar-refractivity contribution is 0.0857. The van der Waals surface area contributed by atoms with E-state index in [4.69, 9.17) is 0 Å². The maximum atomic E-state index is 3.70. The summed E-state index contributed by atoms with van der Waals surface area (Å²) in [5.41, 5.74) is 0. The quantitative estimate of drug-likeness (QED) is 0.780. The average molecular weight is 254 g/mol. The Morgan fingerprint density at radius 2 is 1.89 bits per heavy atom. The van der Waals surface area contributed by atoms with Gasteiger partial charge in [-0.05, 0) is 58.0 Å². The van der Waals surface area contributed by atoms with E-state index in [-0.39, 0.29) is 0 Å². The molecule has 2 nitrogen and oxygen atoms in total. The number of rotatable bonds is 6. The summed E-state index contributed by atoms with van der Waals surface area (Å²) in [6, 6.07) is 2.12. The minimum atomic E-state index is 0.696. The highest BCUT2D eigenvalue weighted by molar-refractivity contribution is 4.90. The maximum Gasteiger partial charge on any atom is 0.0251 e. The second-order valence-electron chi connectivity index (χ2n) is 6.79. The van der Waals surface area contributed by atoms with Gasteiger partial charge in [0.2, 0.25) is 0 Å². The summed E-state index contributed by atoms with van der Waals surface area (Å²) in [6.07, 6.45) is 5.40. The van der Waals surface area contributed by atoms with Gasteiger partial charge >= 0.3 is 0 Å². The van der Waals surface area contributed by atoms with Crippen molar-refractivity contribution in [3.05, 3.63) is 0 Å². The van der Waals surface area contributed by atoms with Crippen LogP contribution in [-0.2, 0) is 0 Å². The number of nitrogens with zero attached hydrogens (tertiary/aromatic N) is 1. The molecule has 1 rings (SSSR count). The molecule has 1 aliphatic rings. The molecule has 0 aliphatic heterocycles. The predicted molar refractivity (Wildman–Crippen MR) is 80.9 cm³/mol. The molecule has 0 amide bonds. The van der Waals surface area contributed by atoms with Crippen molar-refractivity contribution in [2.24, 2.45) is 11.8 Å². The van der Waals surface area contributed by atoms with Gasteiger partial charge < -0.3 is 5.32 Å². The lowest BCUT2D eigenvalue weighted by Crippen LogP contribution is -2.54. The van der Waals surface area contributed by atoms with E-state index in [2.05, 4.69) is 51.9 Å². The lowest BCUT2D eigenvalue weighted by atomic mass is 9.82. The summed E-state index contributed by atoms with van der Waals surface area (Å²) in [6.45, 7) is 12.8. The van der Waals surface area contributed by atoms with Crippen molar-refractivity contribution in [2.45, 2.75) is 78.4 Å². The van der Waals surface area contributed by atoms with Gasteiger partial charge in [-0.15, -0.1) is 0 Å². The topological polar surface area (TPSA) is 15.3 Å². The third-order valence-electron chi connectivity index (χ3n) is 4.58. The van der Waals surface area contributed by atoms with Crippen molar-refractivity contribution in [3.63, 3.8) is 0 Å². The van der Waals surface area contributed by atoms with Gasteiger partial charge in [0.25, 0.3) is 0 Å².